The average Bonchev–Trinajstić information content (AvgIpc) is 3.00. The zero-order valence-electron chi connectivity index (χ0n) is 10.7. The van der Waals surface area contributed by atoms with E-state index in [0.717, 1.165) is 28.8 Å². The van der Waals surface area contributed by atoms with Crippen molar-refractivity contribution < 1.29 is 4.74 Å². The van der Waals surface area contributed by atoms with Crippen LogP contribution in [0.5, 0.6) is 5.75 Å². The summed E-state index contributed by atoms with van der Waals surface area (Å²) in [6.45, 7) is 4.25. The van der Waals surface area contributed by atoms with Gasteiger partial charge in [0.25, 0.3) is 0 Å². The van der Waals surface area contributed by atoms with Gasteiger partial charge in [0.05, 0.1) is 7.11 Å². The first-order valence-electron chi connectivity index (χ1n) is 6.19. The molecule has 0 saturated heterocycles. The molecule has 0 amide bonds. The van der Waals surface area contributed by atoms with Gasteiger partial charge in [-0.05, 0) is 56.4 Å². The summed E-state index contributed by atoms with van der Waals surface area (Å²) >= 11 is 6.10. The summed E-state index contributed by atoms with van der Waals surface area (Å²) in [7, 11) is 1.72. The summed E-state index contributed by atoms with van der Waals surface area (Å²) in [5, 5.41) is 4.38. The Labute approximate surface area is 108 Å². The van der Waals surface area contributed by atoms with Gasteiger partial charge in [-0.25, -0.2) is 0 Å². The van der Waals surface area contributed by atoms with Crippen LogP contribution in [-0.2, 0) is 6.42 Å². The second-order valence-corrected chi connectivity index (χ2v) is 5.40. The van der Waals surface area contributed by atoms with Gasteiger partial charge in [0.2, 0.25) is 0 Å². The monoisotopic (exact) mass is 253 g/mol. The molecule has 3 heteroatoms. The molecule has 1 aliphatic rings. The lowest BCUT2D eigenvalue weighted by molar-refractivity contribution is 0.403. The normalized spacial score (nSPS) is 16.9. The number of methoxy groups -OCH3 is 1. The summed E-state index contributed by atoms with van der Waals surface area (Å²) in [4.78, 5) is 0. The van der Waals surface area contributed by atoms with Crippen LogP contribution in [0, 0.1) is 6.92 Å². The molecule has 2 nitrogen and oxygen atoms in total. The Kier molecular flexibility index (Phi) is 3.95. The molecule has 0 spiro atoms. The van der Waals surface area contributed by atoms with Crippen molar-refractivity contribution in [2.75, 3.05) is 7.11 Å². The number of halogens is 1. The van der Waals surface area contributed by atoms with Crippen LogP contribution in [0.15, 0.2) is 12.1 Å². The standard InChI is InChI=1S/C14H20ClNO/c1-9-6-12(15)8-11(14(9)17-3)7-10(2)16-13-4-5-13/h6,8,10,13,16H,4-5,7H2,1-3H3. The largest absolute Gasteiger partial charge is 0.496 e. The third-order valence-electron chi connectivity index (χ3n) is 3.14. The van der Waals surface area contributed by atoms with E-state index >= 15 is 0 Å². The number of rotatable bonds is 5. The van der Waals surface area contributed by atoms with E-state index < -0.39 is 0 Å². The number of hydrogen-bond acceptors (Lipinski definition) is 2. The van der Waals surface area contributed by atoms with Gasteiger partial charge in [-0.15, -0.1) is 0 Å². The maximum absolute atomic E-state index is 6.10. The zero-order chi connectivity index (χ0) is 12.4. The van der Waals surface area contributed by atoms with Gasteiger partial charge in [-0.1, -0.05) is 11.6 Å². The zero-order valence-corrected chi connectivity index (χ0v) is 11.5. The van der Waals surface area contributed by atoms with E-state index in [1.165, 1.54) is 18.4 Å². The molecule has 0 bridgehead atoms. The van der Waals surface area contributed by atoms with Crippen molar-refractivity contribution in [2.24, 2.45) is 0 Å². The van der Waals surface area contributed by atoms with Crippen LogP contribution in [0.4, 0.5) is 0 Å². The Bertz CT molecular complexity index is 401. The molecule has 94 valence electrons. The van der Waals surface area contributed by atoms with E-state index in [0.29, 0.717) is 6.04 Å². The molecule has 0 aromatic heterocycles. The first kappa shape index (κ1) is 12.7. The van der Waals surface area contributed by atoms with Crippen LogP contribution in [-0.4, -0.2) is 19.2 Å². The molecule has 0 heterocycles. The topological polar surface area (TPSA) is 21.3 Å². The average molecular weight is 254 g/mol. The summed E-state index contributed by atoms with van der Waals surface area (Å²) in [5.74, 6) is 0.971. The highest BCUT2D eigenvalue weighted by Gasteiger charge is 2.23. The van der Waals surface area contributed by atoms with Crippen LogP contribution in [0.25, 0.3) is 0 Å². The molecule has 1 atom stereocenters. The smallest absolute Gasteiger partial charge is 0.125 e. The molecule has 1 aliphatic carbocycles. The van der Waals surface area contributed by atoms with Crippen molar-refractivity contribution in [1.29, 1.82) is 0 Å². The Morgan fingerprint density at radius 2 is 2.18 bits per heavy atom. The molecule has 1 N–H and O–H groups in total. The number of benzene rings is 1. The predicted molar refractivity (Wildman–Crippen MR) is 72.1 cm³/mol. The van der Waals surface area contributed by atoms with E-state index in [2.05, 4.69) is 12.2 Å². The SMILES string of the molecule is COc1c(C)cc(Cl)cc1CC(C)NC1CC1. The fraction of sp³-hybridized carbons (Fsp3) is 0.571. The van der Waals surface area contributed by atoms with Crippen molar-refractivity contribution in [3.63, 3.8) is 0 Å². The van der Waals surface area contributed by atoms with E-state index in [1.807, 2.05) is 19.1 Å². The van der Waals surface area contributed by atoms with Gasteiger partial charge in [0, 0.05) is 17.1 Å². The fourth-order valence-electron chi connectivity index (χ4n) is 2.28. The van der Waals surface area contributed by atoms with Gasteiger partial charge >= 0.3 is 0 Å². The first-order valence-corrected chi connectivity index (χ1v) is 6.57. The quantitative estimate of drug-likeness (QED) is 0.869. The summed E-state index contributed by atoms with van der Waals surface area (Å²) < 4.78 is 5.47. The van der Waals surface area contributed by atoms with Gasteiger partial charge in [-0.2, -0.15) is 0 Å². The Balaban J connectivity index is 2.12. The number of nitrogens with one attached hydrogen (secondary N) is 1. The van der Waals surface area contributed by atoms with Gasteiger partial charge in [0.15, 0.2) is 0 Å². The lowest BCUT2D eigenvalue weighted by atomic mass is 10.0. The predicted octanol–water partition coefficient (Wildman–Crippen LogP) is 3.34. The van der Waals surface area contributed by atoms with Crippen LogP contribution >= 0.6 is 11.6 Å². The number of ether oxygens (including phenoxy) is 1. The van der Waals surface area contributed by atoms with Crippen LogP contribution < -0.4 is 10.1 Å². The van der Waals surface area contributed by atoms with Crippen molar-refractivity contribution in [3.8, 4) is 5.75 Å². The maximum atomic E-state index is 6.10. The molecular formula is C14H20ClNO. The molecule has 1 aromatic rings. The van der Waals surface area contributed by atoms with Crippen molar-refractivity contribution in [3.05, 3.63) is 28.3 Å². The van der Waals surface area contributed by atoms with Crippen molar-refractivity contribution >= 4 is 11.6 Å². The van der Waals surface area contributed by atoms with Gasteiger partial charge < -0.3 is 10.1 Å². The van der Waals surface area contributed by atoms with E-state index in [4.69, 9.17) is 16.3 Å². The van der Waals surface area contributed by atoms with E-state index in [-0.39, 0.29) is 0 Å². The molecule has 2 rings (SSSR count). The van der Waals surface area contributed by atoms with Crippen molar-refractivity contribution in [1.82, 2.24) is 5.32 Å². The minimum Gasteiger partial charge on any atom is -0.496 e. The van der Waals surface area contributed by atoms with Crippen LogP contribution in [0.1, 0.15) is 30.9 Å². The molecule has 0 radical (unpaired) electrons. The number of hydrogen-bond donors (Lipinski definition) is 1. The molecular weight excluding hydrogens is 234 g/mol. The van der Waals surface area contributed by atoms with Crippen molar-refractivity contribution in [2.45, 2.75) is 45.2 Å². The minimum atomic E-state index is 0.467. The Morgan fingerprint density at radius 1 is 1.47 bits per heavy atom. The minimum absolute atomic E-state index is 0.467. The summed E-state index contributed by atoms with van der Waals surface area (Å²) in [5.41, 5.74) is 2.30. The Hall–Kier alpha value is -0.730. The molecule has 1 fully saturated rings. The summed E-state index contributed by atoms with van der Waals surface area (Å²) in [6, 6.07) is 5.16. The third kappa shape index (κ3) is 3.36. The van der Waals surface area contributed by atoms with E-state index in [9.17, 15) is 0 Å². The van der Waals surface area contributed by atoms with Gasteiger partial charge in [0.1, 0.15) is 5.75 Å². The maximum Gasteiger partial charge on any atom is 0.125 e. The molecule has 0 aliphatic heterocycles. The van der Waals surface area contributed by atoms with Gasteiger partial charge in [-0.3, -0.25) is 0 Å². The fourth-order valence-corrected chi connectivity index (χ4v) is 2.58. The lowest BCUT2D eigenvalue weighted by Gasteiger charge is -2.17. The highest BCUT2D eigenvalue weighted by molar-refractivity contribution is 6.30. The van der Waals surface area contributed by atoms with Crippen LogP contribution in [0.3, 0.4) is 0 Å². The number of aryl methyl sites for hydroxylation is 1. The second kappa shape index (κ2) is 5.28. The molecule has 1 aromatic carbocycles. The second-order valence-electron chi connectivity index (χ2n) is 4.96. The third-order valence-corrected chi connectivity index (χ3v) is 3.36. The first-order chi connectivity index (χ1) is 8.10. The highest BCUT2D eigenvalue weighted by Crippen LogP contribution is 2.29. The van der Waals surface area contributed by atoms with Crippen LogP contribution in [0.2, 0.25) is 5.02 Å². The Morgan fingerprint density at radius 3 is 2.76 bits per heavy atom. The molecule has 1 unspecified atom stereocenters. The highest BCUT2D eigenvalue weighted by atomic mass is 35.5. The molecule has 17 heavy (non-hydrogen) atoms. The lowest BCUT2D eigenvalue weighted by Crippen LogP contribution is -2.30. The molecule has 1 saturated carbocycles. The van der Waals surface area contributed by atoms with E-state index in [1.54, 1.807) is 7.11 Å². The summed E-state index contributed by atoms with van der Waals surface area (Å²) in [6.07, 6.45) is 3.59.